The van der Waals surface area contributed by atoms with Crippen LogP contribution in [-0.4, -0.2) is 109 Å². The van der Waals surface area contributed by atoms with E-state index in [0.29, 0.717) is 37.1 Å². The molecule has 4 aliphatic heterocycles. The number of hydrogen-bond acceptors (Lipinski definition) is 12. The normalized spacial score (nSPS) is 28.7. The average molecular weight is 564 g/mol. The number of likely N-dealkylation sites (tertiary alicyclic amines) is 1. The van der Waals surface area contributed by atoms with Crippen molar-refractivity contribution in [2.24, 2.45) is 5.16 Å². The summed E-state index contributed by atoms with van der Waals surface area (Å²) in [5.41, 5.74) is 5.77. The fourth-order valence-corrected chi connectivity index (χ4v) is 6.93. The number of aliphatic carboxylic acids is 1. The maximum Gasteiger partial charge on any atom is 0.352 e. The summed E-state index contributed by atoms with van der Waals surface area (Å²) < 4.78 is 0. The van der Waals surface area contributed by atoms with Crippen LogP contribution in [-0.2, 0) is 19.2 Å². The molecule has 16 heteroatoms. The van der Waals surface area contributed by atoms with Crippen molar-refractivity contribution in [1.29, 1.82) is 0 Å². The molecule has 0 aromatic carbocycles. The molecule has 14 nitrogen and oxygen atoms in total. The number of anilines is 1. The third-order valence-corrected chi connectivity index (χ3v) is 8.91. The molecule has 5 heterocycles. The Balaban J connectivity index is 1.31. The monoisotopic (exact) mass is 563 g/mol. The largest absolute Gasteiger partial charge is 0.477 e. The van der Waals surface area contributed by atoms with Gasteiger partial charge in [-0.1, -0.05) is 5.16 Å². The van der Waals surface area contributed by atoms with E-state index in [9.17, 15) is 34.6 Å². The van der Waals surface area contributed by atoms with E-state index >= 15 is 0 Å². The molecule has 1 aromatic heterocycles. The highest BCUT2D eigenvalue weighted by Gasteiger charge is 2.54. The van der Waals surface area contributed by atoms with Gasteiger partial charge in [-0.05, 0) is 24.5 Å². The van der Waals surface area contributed by atoms with E-state index in [1.807, 2.05) is 0 Å². The van der Waals surface area contributed by atoms with Gasteiger partial charge in [0.15, 0.2) is 10.8 Å². The topological polar surface area (TPSA) is 211 Å². The Bertz CT molecular complexity index is 1290. The molecule has 202 valence electrons. The molecular weight excluding hydrogens is 538 g/mol. The van der Waals surface area contributed by atoms with Crippen LogP contribution in [0.3, 0.4) is 0 Å². The maximum absolute atomic E-state index is 13.1. The van der Waals surface area contributed by atoms with Crippen LogP contribution in [0.4, 0.5) is 5.13 Å². The van der Waals surface area contributed by atoms with Crippen molar-refractivity contribution in [1.82, 2.24) is 25.4 Å². The average Bonchev–Trinajstić information content (AvgIpc) is 3.63. The van der Waals surface area contributed by atoms with Crippen molar-refractivity contribution in [3.05, 3.63) is 34.0 Å². The number of fused-ring (bicyclic) bond motifs is 1. The Morgan fingerprint density at radius 2 is 2.16 bits per heavy atom. The lowest BCUT2D eigenvalue weighted by Gasteiger charge is -2.49. The van der Waals surface area contributed by atoms with Gasteiger partial charge in [0.2, 0.25) is 5.91 Å². The number of nitrogens with zero attached hydrogens (tertiary/aromatic N) is 4. The van der Waals surface area contributed by atoms with Crippen LogP contribution in [0.25, 0.3) is 0 Å². The van der Waals surface area contributed by atoms with Crippen molar-refractivity contribution in [3.63, 3.8) is 0 Å². The van der Waals surface area contributed by atoms with E-state index in [2.05, 4.69) is 20.8 Å². The summed E-state index contributed by atoms with van der Waals surface area (Å²) in [5, 5.41) is 38.1. The minimum absolute atomic E-state index is 0.00655. The number of hydrogen-bond donors (Lipinski definition) is 6. The summed E-state index contributed by atoms with van der Waals surface area (Å²) >= 11 is 2.30. The lowest BCUT2D eigenvalue weighted by atomic mass is 10.0. The van der Waals surface area contributed by atoms with Gasteiger partial charge >= 0.3 is 5.97 Å². The second-order valence-corrected chi connectivity index (χ2v) is 11.1. The van der Waals surface area contributed by atoms with E-state index < -0.39 is 34.9 Å². The Morgan fingerprint density at radius 3 is 2.79 bits per heavy atom. The van der Waals surface area contributed by atoms with Crippen LogP contribution in [0.2, 0.25) is 0 Å². The van der Waals surface area contributed by atoms with E-state index in [1.165, 1.54) is 17.1 Å². The Kier molecular flexibility index (Phi) is 7.13. The number of β-lactam (4-membered cyclic amide) rings is 1. The molecule has 3 saturated heterocycles. The van der Waals surface area contributed by atoms with Crippen molar-refractivity contribution in [3.8, 4) is 0 Å². The Morgan fingerprint density at radius 1 is 1.37 bits per heavy atom. The first kappa shape index (κ1) is 26.1. The van der Waals surface area contributed by atoms with Crippen LogP contribution in [0.5, 0.6) is 0 Å². The number of carboxylic acid groups (broad SMARTS) is 1. The molecule has 4 aliphatic rings. The molecule has 3 amide bonds. The number of thiazole rings is 1. The van der Waals surface area contributed by atoms with Crippen LogP contribution < -0.4 is 16.4 Å². The SMILES string of the molecule is Nc1nc(C(=NO)C(=O)N[C@@H]2C(=O)N3C(C(=O)O)=C(C=C4CCN(C5CNC(CO)C5)C4=O)CS[C@H]23)cs1. The molecule has 5 rings (SSSR count). The van der Waals surface area contributed by atoms with Crippen molar-refractivity contribution in [2.45, 2.75) is 36.3 Å². The van der Waals surface area contributed by atoms with Gasteiger partial charge in [-0.15, -0.1) is 23.1 Å². The zero-order valence-corrected chi connectivity index (χ0v) is 21.5. The van der Waals surface area contributed by atoms with E-state index in [0.717, 1.165) is 16.2 Å². The fraction of sp³-hybridized carbons (Fsp3) is 0.455. The number of carbonyl (C=O) groups excluding carboxylic acids is 3. The Hall–Kier alpha value is -3.47. The smallest absolute Gasteiger partial charge is 0.352 e. The third-order valence-electron chi connectivity index (χ3n) is 6.93. The summed E-state index contributed by atoms with van der Waals surface area (Å²) in [4.78, 5) is 57.7. The van der Waals surface area contributed by atoms with Crippen molar-refractivity contribution in [2.75, 3.05) is 31.2 Å². The molecule has 4 atom stereocenters. The van der Waals surface area contributed by atoms with E-state index in [1.54, 1.807) is 11.0 Å². The van der Waals surface area contributed by atoms with E-state index in [4.69, 9.17) is 5.73 Å². The number of rotatable bonds is 7. The first-order valence-corrected chi connectivity index (χ1v) is 13.7. The molecule has 0 spiro atoms. The second kappa shape index (κ2) is 10.4. The number of aliphatic hydroxyl groups excluding tert-OH is 1. The number of thioether (sulfide) groups is 1. The maximum atomic E-state index is 13.1. The highest BCUT2D eigenvalue weighted by molar-refractivity contribution is 8.00. The molecule has 1 aromatic rings. The predicted molar refractivity (Wildman–Crippen MR) is 136 cm³/mol. The van der Waals surface area contributed by atoms with Gasteiger partial charge in [-0.3, -0.25) is 19.3 Å². The van der Waals surface area contributed by atoms with Gasteiger partial charge < -0.3 is 36.7 Å². The summed E-state index contributed by atoms with van der Waals surface area (Å²) in [6.07, 6.45) is 2.65. The zero-order valence-electron chi connectivity index (χ0n) is 19.9. The summed E-state index contributed by atoms with van der Waals surface area (Å²) in [5.74, 6) is -2.78. The second-order valence-electron chi connectivity index (χ2n) is 9.15. The minimum atomic E-state index is -1.32. The molecule has 0 aliphatic carbocycles. The quantitative estimate of drug-likeness (QED) is 0.0741. The van der Waals surface area contributed by atoms with Crippen LogP contribution >= 0.6 is 23.1 Å². The van der Waals surface area contributed by atoms with Gasteiger partial charge in [0.05, 0.1) is 6.61 Å². The minimum Gasteiger partial charge on any atom is -0.477 e. The number of oxime groups is 1. The molecule has 38 heavy (non-hydrogen) atoms. The van der Waals surface area contributed by atoms with Crippen LogP contribution in [0.15, 0.2) is 33.5 Å². The van der Waals surface area contributed by atoms with Crippen LogP contribution in [0.1, 0.15) is 18.5 Å². The molecule has 2 unspecified atom stereocenters. The van der Waals surface area contributed by atoms with Gasteiger partial charge in [0, 0.05) is 41.9 Å². The standard InChI is InChI=1S/C22H25N7O7S2/c23-22-25-13(8-38-22)14(27-36)17(31)26-15-19(33)29-16(21(34)35)10(7-37-20(15)29)3-9-1-2-28(18(9)32)12-4-11(6-30)24-5-12/h3,8,11-12,15,20,24,30,36H,1-2,4-7H2,(H2,23,25)(H,26,31)(H,34,35)/t11?,12?,15-,20-/m1/s1. The number of allylic oxidation sites excluding steroid dienone is 1. The Labute approximate surface area is 224 Å². The number of aromatic nitrogens is 1. The highest BCUT2D eigenvalue weighted by atomic mass is 32.2. The van der Waals surface area contributed by atoms with Crippen LogP contribution in [0, 0.1) is 0 Å². The van der Waals surface area contributed by atoms with Crippen molar-refractivity contribution < 1.29 is 34.6 Å². The number of nitrogens with one attached hydrogen (secondary N) is 2. The fourth-order valence-electron chi connectivity index (χ4n) is 5.07. The van der Waals surface area contributed by atoms with Crippen molar-refractivity contribution >= 4 is 57.6 Å². The predicted octanol–water partition coefficient (Wildman–Crippen LogP) is -1.48. The van der Waals surface area contributed by atoms with Gasteiger partial charge in [0.25, 0.3) is 11.8 Å². The first-order chi connectivity index (χ1) is 18.2. The summed E-state index contributed by atoms with van der Waals surface area (Å²) in [7, 11) is 0. The summed E-state index contributed by atoms with van der Waals surface area (Å²) in [6.45, 7) is 1.07. The zero-order chi connectivity index (χ0) is 27.1. The van der Waals surface area contributed by atoms with Gasteiger partial charge in [-0.2, -0.15) is 0 Å². The highest BCUT2D eigenvalue weighted by Crippen LogP contribution is 2.41. The van der Waals surface area contributed by atoms with Gasteiger partial charge in [-0.25, -0.2) is 9.78 Å². The molecule has 3 fully saturated rings. The number of carbonyl (C=O) groups is 4. The number of carboxylic acids is 1. The molecule has 7 N–H and O–H groups in total. The molecular formula is C22H25N7O7S2. The number of nitrogens with two attached hydrogens (primary N) is 1. The molecule has 0 saturated carbocycles. The summed E-state index contributed by atoms with van der Waals surface area (Å²) in [6, 6.07) is -1.14. The number of nitrogen functional groups attached to an aromatic ring is 1. The van der Waals surface area contributed by atoms with E-state index in [-0.39, 0.29) is 46.9 Å². The molecule has 0 radical (unpaired) electrons. The molecule has 0 bridgehead atoms. The first-order valence-electron chi connectivity index (χ1n) is 11.7. The third kappa shape index (κ3) is 4.53. The number of aliphatic hydroxyl groups is 1. The number of amides is 3. The lowest BCUT2D eigenvalue weighted by molar-refractivity contribution is -0.150. The lowest BCUT2D eigenvalue weighted by Crippen LogP contribution is -2.71. The van der Waals surface area contributed by atoms with Gasteiger partial charge in [0.1, 0.15) is 22.8 Å².